The molecule has 1 aliphatic rings. The van der Waals surface area contributed by atoms with E-state index in [9.17, 15) is 0 Å². The van der Waals surface area contributed by atoms with Crippen LogP contribution in [0.25, 0.3) is 0 Å². The quantitative estimate of drug-likeness (QED) is 0.706. The number of nitrogens with two attached hydrogens (primary N) is 1. The summed E-state index contributed by atoms with van der Waals surface area (Å²) in [6, 6.07) is 1.02. The summed E-state index contributed by atoms with van der Waals surface area (Å²) >= 11 is 0. The molecule has 2 nitrogen and oxygen atoms in total. The topological polar surface area (TPSA) is 29.3 Å². The normalized spacial score (nSPS) is 27.3. The van der Waals surface area contributed by atoms with Crippen molar-refractivity contribution in [2.75, 3.05) is 13.1 Å². The lowest BCUT2D eigenvalue weighted by atomic mass is 9.84. The second kappa shape index (κ2) is 6.29. The van der Waals surface area contributed by atoms with Crippen molar-refractivity contribution >= 4 is 0 Å². The van der Waals surface area contributed by atoms with Gasteiger partial charge in [-0.3, -0.25) is 4.90 Å². The third kappa shape index (κ3) is 3.96. The molecule has 2 atom stereocenters. The van der Waals surface area contributed by atoms with Gasteiger partial charge >= 0.3 is 0 Å². The Labute approximate surface area is 94.5 Å². The molecular weight excluding hydrogens is 184 g/mol. The highest BCUT2D eigenvalue weighted by atomic mass is 15.1. The largest absolute Gasteiger partial charge is 0.327 e. The Kier molecular flexibility index (Phi) is 5.34. The first-order valence-corrected chi connectivity index (χ1v) is 6.25. The molecule has 2 N–H and O–H groups in total. The lowest BCUT2D eigenvalue weighted by Gasteiger charge is -2.35. The van der Waals surface area contributed by atoms with Crippen molar-refractivity contribution in [1.82, 2.24) is 4.90 Å². The summed E-state index contributed by atoms with van der Waals surface area (Å²) in [6.07, 6.45) is 7.19. The smallest absolute Gasteiger partial charge is 0.0163 e. The zero-order chi connectivity index (χ0) is 11.3. The van der Waals surface area contributed by atoms with Crippen LogP contribution in [0.15, 0.2) is 12.7 Å². The van der Waals surface area contributed by atoms with Crippen molar-refractivity contribution in [3.05, 3.63) is 12.7 Å². The van der Waals surface area contributed by atoms with Crippen LogP contribution in [0, 0.1) is 5.92 Å². The summed E-state index contributed by atoms with van der Waals surface area (Å²) in [7, 11) is 0. The number of nitrogens with zero attached hydrogens (tertiary/aromatic N) is 1. The first-order chi connectivity index (χ1) is 7.15. The van der Waals surface area contributed by atoms with Crippen LogP contribution >= 0.6 is 0 Å². The third-order valence-corrected chi connectivity index (χ3v) is 3.53. The average Bonchev–Trinajstić information content (AvgIpc) is 2.20. The van der Waals surface area contributed by atoms with Gasteiger partial charge in [0.05, 0.1) is 0 Å². The summed E-state index contributed by atoms with van der Waals surface area (Å²) in [4.78, 5) is 2.48. The van der Waals surface area contributed by atoms with Gasteiger partial charge in [0.2, 0.25) is 0 Å². The van der Waals surface area contributed by atoms with Gasteiger partial charge in [-0.15, -0.1) is 6.58 Å². The minimum absolute atomic E-state index is 0.421. The van der Waals surface area contributed by atoms with Crippen molar-refractivity contribution in [1.29, 1.82) is 0 Å². The van der Waals surface area contributed by atoms with Gasteiger partial charge in [-0.2, -0.15) is 0 Å². The lowest BCUT2D eigenvalue weighted by molar-refractivity contribution is 0.167. The van der Waals surface area contributed by atoms with Gasteiger partial charge in [0.1, 0.15) is 0 Å². The Morgan fingerprint density at radius 1 is 1.40 bits per heavy atom. The van der Waals surface area contributed by atoms with Crippen LogP contribution in [0.3, 0.4) is 0 Å². The molecule has 2 heteroatoms. The molecule has 0 spiro atoms. The molecule has 1 saturated carbocycles. The maximum atomic E-state index is 6.17. The fourth-order valence-corrected chi connectivity index (χ4v) is 2.43. The Hall–Kier alpha value is -0.340. The molecule has 1 fully saturated rings. The van der Waals surface area contributed by atoms with Crippen molar-refractivity contribution in [3.8, 4) is 0 Å². The molecule has 2 unspecified atom stereocenters. The maximum Gasteiger partial charge on any atom is 0.0163 e. The highest BCUT2D eigenvalue weighted by Crippen LogP contribution is 2.24. The molecule has 0 aromatic rings. The first kappa shape index (κ1) is 12.7. The van der Waals surface area contributed by atoms with Crippen molar-refractivity contribution < 1.29 is 0 Å². The highest BCUT2D eigenvalue weighted by molar-refractivity contribution is 4.84. The monoisotopic (exact) mass is 210 g/mol. The minimum atomic E-state index is 0.421. The van der Waals surface area contributed by atoms with Gasteiger partial charge in [0, 0.05) is 25.2 Å². The Bertz CT molecular complexity index is 189. The summed E-state index contributed by atoms with van der Waals surface area (Å²) < 4.78 is 0. The molecule has 88 valence electrons. The van der Waals surface area contributed by atoms with Gasteiger partial charge in [-0.25, -0.2) is 0 Å². The molecule has 0 heterocycles. The number of hydrogen-bond donors (Lipinski definition) is 1. The van der Waals surface area contributed by atoms with E-state index in [-0.39, 0.29) is 0 Å². The van der Waals surface area contributed by atoms with E-state index in [1.165, 1.54) is 25.7 Å². The van der Waals surface area contributed by atoms with Gasteiger partial charge in [0.15, 0.2) is 0 Å². The minimum Gasteiger partial charge on any atom is -0.327 e. The van der Waals surface area contributed by atoms with Crippen LogP contribution < -0.4 is 5.73 Å². The second-order valence-corrected chi connectivity index (χ2v) is 5.04. The molecule has 0 bridgehead atoms. The Morgan fingerprint density at radius 3 is 2.60 bits per heavy atom. The SMILES string of the molecule is C=CCN(CC1CCCCC1N)C(C)C. The zero-order valence-corrected chi connectivity index (χ0v) is 10.3. The predicted octanol–water partition coefficient (Wildman–Crippen LogP) is 2.40. The number of hydrogen-bond acceptors (Lipinski definition) is 2. The zero-order valence-electron chi connectivity index (χ0n) is 10.3. The standard InChI is InChI=1S/C13H26N2/c1-4-9-15(11(2)3)10-12-7-5-6-8-13(12)14/h4,11-13H,1,5-10,14H2,2-3H3. The van der Waals surface area contributed by atoms with Crippen LogP contribution in [0.4, 0.5) is 0 Å². The molecule has 0 saturated heterocycles. The molecule has 0 aliphatic heterocycles. The van der Waals surface area contributed by atoms with Crippen molar-refractivity contribution in [2.24, 2.45) is 11.7 Å². The fourth-order valence-electron chi connectivity index (χ4n) is 2.43. The van der Waals surface area contributed by atoms with Crippen LogP contribution in [-0.2, 0) is 0 Å². The highest BCUT2D eigenvalue weighted by Gasteiger charge is 2.24. The molecule has 0 amide bonds. The predicted molar refractivity (Wildman–Crippen MR) is 66.8 cm³/mol. The summed E-state index contributed by atoms with van der Waals surface area (Å²) in [5.74, 6) is 0.695. The molecule has 0 aromatic heterocycles. The van der Waals surface area contributed by atoms with Gasteiger partial charge < -0.3 is 5.73 Å². The molecular formula is C13H26N2. The van der Waals surface area contributed by atoms with Crippen LogP contribution in [-0.4, -0.2) is 30.1 Å². The summed E-state index contributed by atoms with van der Waals surface area (Å²) in [5.41, 5.74) is 6.17. The van der Waals surface area contributed by atoms with Gasteiger partial charge in [-0.05, 0) is 32.6 Å². The third-order valence-electron chi connectivity index (χ3n) is 3.53. The molecule has 0 aromatic carbocycles. The van der Waals surface area contributed by atoms with Crippen molar-refractivity contribution in [2.45, 2.75) is 51.6 Å². The van der Waals surface area contributed by atoms with E-state index in [0.717, 1.165) is 13.1 Å². The van der Waals surface area contributed by atoms with E-state index in [1.54, 1.807) is 0 Å². The maximum absolute atomic E-state index is 6.17. The van der Waals surface area contributed by atoms with E-state index < -0.39 is 0 Å². The first-order valence-electron chi connectivity index (χ1n) is 6.25. The summed E-state index contributed by atoms with van der Waals surface area (Å²) in [6.45, 7) is 10.4. The van der Waals surface area contributed by atoms with Gasteiger partial charge in [-0.1, -0.05) is 18.9 Å². The van der Waals surface area contributed by atoms with E-state index in [4.69, 9.17) is 5.73 Å². The fraction of sp³-hybridized carbons (Fsp3) is 0.846. The van der Waals surface area contributed by atoms with E-state index in [0.29, 0.717) is 18.0 Å². The molecule has 0 radical (unpaired) electrons. The second-order valence-electron chi connectivity index (χ2n) is 5.04. The van der Waals surface area contributed by atoms with Crippen molar-refractivity contribution in [3.63, 3.8) is 0 Å². The molecule has 1 aliphatic carbocycles. The van der Waals surface area contributed by atoms with E-state index in [1.807, 2.05) is 6.08 Å². The van der Waals surface area contributed by atoms with E-state index >= 15 is 0 Å². The average molecular weight is 210 g/mol. The van der Waals surface area contributed by atoms with Crippen LogP contribution in [0.5, 0.6) is 0 Å². The van der Waals surface area contributed by atoms with Gasteiger partial charge in [0.25, 0.3) is 0 Å². The Balaban J connectivity index is 2.44. The Morgan fingerprint density at radius 2 is 2.07 bits per heavy atom. The summed E-state index contributed by atoms with van der Waals surface area (Å²) in [5, 5.41) is 0. The van der Waals surface area contributed by atoms with E-state index in [2.05, 4.69) is 25.3 Å². The van der Waals surface area contributed by atoms with Crippen LogP contribution in [0.2, 0.25) is 0 Å². The number of rotatable bonds is 5. The molecule has 15 heavy (non-hydrogen) atoms. The molecule has 1 rings (SSSR count). The van der Waals surface area contributed by atoms with Crippen LogP contribution in [0.1, 0.15) is 39.5 Å². The lowest BCUT2D eigenvalue weighted by Crippen LogP contribution is -2.43.